The number of methoxy groups -OCH3 is 1. The molecule has 3 aromatic rings. The van der Waals surface area contributed by atoms with Crippen LogP contribution in [0.3, 0.4) is 0 Å². The highest BCUT2D eigenvalue weighted by atomic mass is 79.9. The fourth-order valence-corrected chi connectivity index (χ4v) is 3.47. The van der Waals surface area contributed by atoms with E-state index in [9.17, 15) is 4.79 Å². The largest absolute Gasteiger partial charge is 0.495 e. The van der Waals surface area contributed by atoms with Crippen molar-refractivity contribution in [2.24, 2.45) is 0 Å². The zero-order valence-electron chi connectivity index (χ0n) is 17.0. The van der Waals surface area contributed by atoms with E-state index in [0.29, 0.717) is 54.7 Å². The molecule has 1 aliphatic heterocycles. The molecule has 0 radical (unpaired) electrons. The number of carbonyl (C=O) groups is 1. The van der Waals surface area contributed by atoms with Gasteiger partial charge in [-0.15, -0.1) is 0 Å². The van der Waals surface area contributed by atoms with Crippen molar-refractivity contribution in [1.29, 1.82) is 0 Å². The van der Waals surface area contributed by atoms with Gasteiger partial charge in [0, 0.05) is 50.3 Å². The monoisotopic (exact) mass is 477 g/mol. The number of piperazine rings is 1. The summed E-state index contributed by atoms with van der Waals surface area (Å²) in [7, 11) is 1.59. The number of amides is 1. The average molecular weight is 478 g/mol. The van der Waals surface area contributed by atoms with E-state index in [-0.39, 0.29) is 5.91 Å². The van der Waals surface area contributed by atoms with Gasteiger partial charge in [0.05, 0.1) is 17.1 Å². The maximum Gasteiger partial charge on any atom is 0.254 e. The number of aromatic nitrogens is 3. The molecule has 0 unspecified atom stereocenters. The first-order valence-electron chi connectivity index (χ1n) is 9.77. The smallest absolute Gasteiger partial charge is 0.254 e. The Morgan fingerprint density at radius 1 is 1.03 bits per heavy atom. The molecule has 4 rings (SSSR count). The Bertz CT molecular complexity index is 1120. The molecular formula is C23H20BrN5O2. The third kappa shape index (κ3) is 5.01. The van der Waals surface area contributed by atoms with Crippen molar-refractivity contribution in [2.45, 2.75) is 0 Å². The van der Waals surface area contributed by atoms with Crippen LogP contribution in [0.2, 0.25) is 0 Å². The standard InChI is InChI=1S/C23H20BrN5O2/c1-31-21-8-6-18(14-17(21)5-7-20-4-2-3-9-25-20)22(30)28-10-12-29(13-11-28)23-26-15-19(24)16-27-23/h2-4,6,8-9,14-16H,10-13H2,1H3. The number of nitrogens with zero attached hydrogens (tertiary/aromatic N) is 5. The highest BCUT2D eigenvalue weighted by molar-refractivity contribution is 9.10. The number of hydrogen-bond donors (Lipinski definition) is 0. The summed E-state index contributed by atoms with van der Waals surface area (Å²) in [6.45, 7) is 2.55. The number of benzene rings is 1. The van der Waals surface area contributed by atoms with E-state index in [4.69, 9.17) is 4.74 Å². The first-order valence-corrected chi connectivity index (χ1v) is 10.6. The topological polar surface area (TPSA) is 71.5 Å². The van der Waals surface area contributed by atoms with Gasteiger partial charge >= 0.3 is 0 Å². The summed E-state index contributed by atoms with van der Waals surface area (Å²) in [5.41, 5.74) is 1.90. The molecule has 31 heavy (non-hydrogen) atoms. The Morgan fingerprint density at radius 2 is 1.81 bits per heavy atom. The fourth-order valence-electron chi connectivity index (χ4n) is 3.27. The molecule has 3 heterocycles. The van der Waals surface area contributed by atoms with Crippen molar-refractivity contribution >= 4 is 27.8 Å². The molecule has 2 aromatic heterocycles. The number of halogens is 1. The van der Waals surface area contributed by atoms with Crippen molar-refractivity contribution in [1.82, 2.24) is 19.9 Å². The Morgan fingerprint density at radius 3 is 2.48 bits per heavy atom. The molecule has 8 heteroatoms. The first-order chi connectivity index (χ1) is 15.1. The van der Waals surface area contributed by atoms with Crippen LogP contribution in [-0.2, 0) is 0 Å². The third-order valence-electron chi connectivity index (χ3n) is 4.89. The molecule has 7 nitrogen and oxygen atoms in total. The van der Waals surface area contributed by atoms with Crippen molar-refractivity contribution in [3.63, 3.8) is 0 Å². The molecule has 0 bridgehead atoms. The second-order valence-corrected chi connectivity index (χ2v) is 7.78. The minimum Gasteiger partial charge on any atom is -0.495 e. The van der Waals surface area contributed by atoms with Gasteiger partial charge in [-0.2, -0.15) is 0 Å². The summed E-state index contributed by atoms with van der Waals surface area (Å²) in [5, 5.41) is 0. The van der Waals surface area contributed by atoms with Gasteiger partial charge < -0.3 is 14.5 Å². The highest BCUT2D eigenvalue weighted by Gasteiger charge is 2.24. The minimum absolute atomic E-state index is 0.0279. The molecular weight excluding hydrogens is 458 g/mol. The van der Waals surface area contributed by atoms with E-state index in [0.717, 1.165) is 4.47 Å². The molecule has 156 valence electrons. The number of ether oxygens (including phenoxy) is 1. The van der Waals surface area contributed by atoms with Gasteiger partial charge in [0.15, 0.2) is 0 Å². The first kappa shape index (κ1) is 20.8. The Balaban J connectivity index is 1.47. The van der Waals surface area contributed by atoms with E-state index >= 15 is 0 Å². The predicted octanol–water partition coefficient (Wildman–Crippen LogP) is 3.00. The van der Waals surface area contributed by atoms with Gasteiger partial charge in [-0.05, 0) is 52.2 Å². The lowest BCUT2D eigenvalue weighted by molar-refractivity contribution is 0.0746. The van der Waals surface area contributed by atoms with Crippen LogP contribution in [0.25, 0.3) is 0 Å². The maximum absolute atomic E-state index is 13.1. The fraction of sp³-hybridized carbons (Fsp3) is 0.217. The van der Waals surface area contributed by atoms with Crippen LogP contribution in [0.1, 0.15) is 21.6 Å². The molecule has 1 aromatic carbocycles. The van der Waals surface area contributed by atoms with E-state index in [1.807, 2.05) is 23.1 Å². The maximum atomic E-state index is 13.1. The van der Waals surface area contributed by atoms with Crippen molar-refractivity contribution in [3.8, 4) is 17.6 Å². The number of anilines is 1. The summed E-state index contributed by atoms with van der Waals surface area (Å²) in [4.78, 5) is 29.9. The predicted molar refractivity (Wildman–Crippen MR) is 121 cm³/mol. The Kier molecular flexibility index (Phi) is 6.43. The SMILES string of the molecule is COc1ccc(C(=O)N2CCN(c3ncc(Br)cn3)CC2)cc1C#Cc1ccccn1. The Labute approximate surface area is 189 Å². The van der Waals surface area contributed by atoms with E-state index in [1.165, 1.54) is 0 Å². The molecule has 1 saturated heterocycles. The molecule has 0 N–H and O–H groups in total. The van der Waals surface area contributed by atoms with Crippen LogP contribution >= 0.6 is 15.9 Å². The van der Waals surface area contributed by atoms with Crippen molar-refractivity contribution < 1.29 is 9.53 Å². The second-order valence-electron chi connectivity index (χ2n) is 6.86. The number of rotatable bonds is 3. The quantitative estimate of drug-likeness (QED) is 0.540. The van der Waals surface area contributed by atoms with E-state index < -0.39 is 0 Å². The summed E-state index contributed by atoms with van der Waals surface area (Å²) >= 11 is 3.35. The van der Waals surface area contributed by atoms with Gasteiger partial charge in [-0.1, -0.05) is 12.0 Å². The second kappa shape index (κ2) is 9.58. The normalized spacial score (nSPS) is 13.4. The van der Waals surface area contributed by atoms with Crippen molar-refractivity contribution in [3.05, 3.63) is 76.3 Å². The van der Waals surface area contributed by atoms with Crippen LogP contribution in [0, 0.1) is 11.8 Å². The summed E-state index contributed by atoms with van der Waals surface area (Å²) < 4.78 is 6.25. The lowest BCUT2D eigenvalue weighted by Crippen LogP contribution is -2.49. The van der Waals surface area contributed by atoms with Gasteiger partial charge in [-0.25, -0.2) is 15.0 Å². The average Bonchev–Trinajstić information content (AvgIpc) is 2.83. The molecule has 1 aliphatic rings. The van der Waals surface area contributed by atoms with Crippen LogP contribution in [-0.4, -0.2) is 59.0 Å². The third-order valence-corrected chi connectivity index (χ3v) is 5.30. The van der Waals surface area contributed by atoms with Gasteiger partial charge in [0.25, 0.3) is 5.91 Å². The molecule has 0 saturated carbocycles. The Hall–Kier alpha value is -3.44. The number of carbonyl (C=O) groups excluding carboxylic acids is 1. The van der Waals surface area contributed by atoms with Gasteiger partial charge in [-0.3, -0.25) is 4.79 Å². The van der Waals surface area contributed by atoms with Gasteiger partial charge in [0.1, 0.15) is 11.4 Å². The van der Waals surface area contributed by atoms with Crippen molar-refractivity contribution in [2.75, 3.05) is 38.2 Å². The lowest BCUT2D eigenvalue weighted by atomic mass is 10.1. The zero-order chi connectivity index (χ0) is 21.6. The number of pyridine rings is 1. The lowest BCUT2D eigenvalue weighted by Gasteiger charge is -2.34. The molecule has 1 fully saturated rings. The minimum atomic E-state index is -0.0279. The molecule has 0 atom stereocenters. The van der Waals surface area contributed by atoms with E-state index in [1.54, 1.807) is 43.9 Å². The van der Waals surface area contributed by atoms with Crippen LogP contribution in [0.4, 0.5) is 5.95 Å². The summed E-state index contributed by atoms with van der Waals surface area (Å²) in [5.74, 6) is 7.36. The van der Waals surface area contributed by atoms with Crippen LogP contribution in [0.5, 0.6) is 5.75 Å². The summed E-state index contributed by atoms with van der Waals surface area (Å²) in [6.07, 6.45) is 5.15. The zero-order valence-corrected chi connectivity index (χ0v) is 18.5. The summed E-state index contributed by atoms with van der Waals surface area (Å²) in [6, 6.07) is 10.9. The molecule has 0 spiro atoms. The molecule has 0 aliphatic carbocycles. The van der Waals surface area contributed by atoms with Crippen LogP contribution < -0.4 is 9.64 Å². The number of hydrogen-bond acceptors (Lipinski definition) is 6. The molecule has 1 amide bonds. The highest BCUT2D eigenvalue weighted by Crippen LogP contribution is 2.21. The van der Waals surface area contributed by atoms with Gasteiger partial charge in [0.2, 0.25) is 5.95 Å². The van der Waals surface area contributed by atoms with E-state index in [2.05, 4.69) is 47.6 Å². The van der Waals surface area contributed by atoms with Crippen LogP contribution in [0.15, 0.2) is 59.5 Å².